The molecule has 152 valence electrons. The van der Waals surface area contributed by atoms with E-state index < -0.39 is 10.0 Å². The van der Waals surface area contributed by atoms with E-state index >= 15 is 0 Å². The Morgan fingerprint density at radius 1 is 1.29 bits per heavy atom. The summed E-state index contributed by atoms with van der Waals surface area (Å²) in [7, 11) is -1.91. The molecule has 2 aromatic carbocycles. The zero-order chi connectivity index (χ0) is 20.9. The van der Waals surface area contributed by atoms with Crippen LogP contribution in [0.3, 0.4) is 0 Å². The predicted octanol–water partition coefficient (Wildman–Crippen LogP) is 5.39. The van der Waals surface area contributed by atoms with Crippen molar-refractivity contribution in [2.24, 2.45) is 0 Å². The molecule has 1 unspecified atom stereocenters. The second kappa shape index (κ2) is 7.16. The fraction of sp³-hybridized carbons (Fsp3) is 0.429. The van der Waals surface area contributed by atoms with Crippen LogP contribution in [0.25, 0.3) is 11.1 Å². The first-order valence-corrected chi connectivity index (χ1v) is 11.5. The number of benzene rings is 2. The zero-order valence-corrected chi connectivity index (χ0v) is 18.7. The molecule has 3 rings (SSSR count). The monoisotopic (exact) mass is 422 g/mol. The molecule has 28 heavy (non-hydrogen) atoms. The van der Waals surface area contributed by atoms with Gasteiger partial charge in [-0.1, -0.05) is 30.7 Å². The maximum absolute atomic E-state index is 11.7. The van der Waals surface area contributed by atoms with Crippen LogP contribution in [0, 0.1) is 6.92 Å². The van der Waals surface area contributed by atoms with Gasteiger partial charge in [0.25, 0.3) is 0 Å². The van der Waals surface area contributed by atoms with Crippen LogP contribution < -0.4 is 14.8 Å². The number of hydrogen-bond acceptors (Lipinski definition) is 4. The molecule has 1 atom stereocenters. The van der Waals surface area contributed by atoms with E-state index in [9.17, 15) is 8.42 Å². The molecule has 7 heteroatoms. The van der Waals surface area contributed by atoms with E-state index in [2.05, 4.69) is 37.7 Å². The Bertz CT molecular complexity index is 1030. The minimum atomic E-state index is -3.44. The lowest BCUT2D eigenvalue weighted by atomic mass is 9.79. The Hall–Kier alpha value is -1.92. The lowest BCUT2D eigenvalue weighted by Gasteiger charge is -2.39. The first kappa shape index (κ1) is 20.8. The molecule has 0 bridgehead atoms. The molecule has 1 heterocycles. The van der Waals surface area contributed by atoms with Gasteiger partial charge in [0.05, 0.1) is 24.1 Å². The highest BCUT2D eigenvalue weighted by Gasteiger charge is 2.33. The van der Waals surface area contributed by atoms with E-state index in [0.717, 1.165) is 40.6 Å². The van der Waals surface area contributed by atoms with Crippen LogP contribution in [0.1, 0.15) is 44.2 Å². The maximum Gasteiger partial charge on any atom is 0.229 e. The van der Waals surface area contributed by atoms with E-state index in [4.69, 9.17) is 16.3 Å². The van der Waals surface area contributed by atoms with Crippen molar-refractivity contribution in [3.63, 3.8) is 0 Å². The van der Waals surface area contributed by atoms with Crippen LogP contribution in [0.5, 0.6) is 5.75 Å². The molecule has 0 aliphatic carbocycles. The van der Waals surface area contributed by atoms with Crippen LogP contribution in [0.15, 0.2) is 24.3 Å². The van der Waals surface area contributed by atoms with Crippen LogP contribution in [-0.4, -0.2) is 27.3 Å². The van der Waals surface area contributed by atoms with Gasteiger partial charge in [0, 0.05) is 22.4 Å². The van der Waals surface area contributed by atoms with Crippen molar-refractivity contribution in [1.29, 1.82) is 0 Å². The highest BCUT2D eigenvalue weighted by molar-refractivity contribution is 7.92. The van der Waals surface area contributed by atoms with Gasteiger partial charge < -0.3 is 10.1 Å². The van der Waals surface area contributed by atoms with Gasteiger partial charge in [0.15, 0.2) is 5.75 Å². The summed E-state index contributed by atoms with van der Waals surface area (Å²) in [5.74, 6) is 0.742. The van der Waals surface area contributed by atoms with Gasteiger partial charge in [-0.15, -0.1) is 0 Å². The Morgan fingerprint density at radius 3 is 2.57 bits per heavy atom. The highest BCUT2D eigenvalue weighted by atomic mass is 35.5. The first-order chi connectivity index (χ1) is 12.9. The number of ether oxygens (including phenoxy) is 1. The predicted molar refractivity (Wildman–Crippen MR) is 117 cm³/mol. The second-order valence-corrected chi connectivity index (χ2v) is 10.3. The van der Waals surface area contributed by atoms with Crippen LogP contribution in [-0.2, 0) is 10.0 Å². The number of sulfonamides is 1. The number of para-hydroxylation sites is 1. The third-order valence-electron chi connectivity index (χ3n) is 5.07. The van der Waals surface area contributed by atoms with Crippen molar-refractivity contribution in [3.05, 3.63) is 40.4 Å². The minimum Gasteiger partial charge on any atom is -0.494 e. The minimum absolute atomic E-state index is 0.000958. The summed E-state index contributed by atoms with van der Waals surface area (Å²) in [6.07, 6.45) is 2.08. The largest absolute Gasteiger partial charge is 0.494 e. The van der Waals surface area contributed by atoms with Gasteiger partial charge >= 0.3 is 0 Å². The summed E-state index contributed by atoms with van der Waals surface area (Å²) < 4.78 is 31.6. The van der Waals surface area contributed by atoms with Crippen molar-refractivity contribution in [3.8, 4) is 16.9 Å². The molecule has 0 radical (unpaired) electrons. The Labute approximate surface area is 172 Å². The molecule has 1 aliphatic heterocycles. The number of anilines is 2. The van der Waals surface area contributed by atoms with Gasteiger partial charge in [-0.25, -0.2) is 8.42 Å². The lowest BCUT2D eigenvalue weighted by molar-refractivity contribution is 0.418. The molecule has 0 saturated heterocycles. The summed E-state index contributed by atoms with van der Waals surface area (Å²) in [4.78, 5) is 0. The van der Waals surface area contributed by atoms with E-state index in [1.54, 1.807) is 12.1 Å². The number of nitrogens with one attached hydrogen (secondary N) is 2. The average Bonchev–Trinajstić information content (AvgIpc) is 2.55. The summed E-state index contributed by atoms with van der Waals surface area (Å²) in [5.41, 5.74) is 5.25. The number of fused-ring (bicyclic) bond motifs is 1. The Morgan fingerprint density at radius 2 is 1.96 bits per heavy atom. The smallest absolute Gasteiger partial charge is 0.229 e. The summed E-state index contributed by atoms with van der Waals surface area (Å²) >= 11 is 6.90. The molecule has 0 spiro atoms. The molecule has 0 aromatic heterocycles. The van der Waals surface area contributed by atoms with Crippen molar-refractivity contribution >= 4 is 33.0 Å². The van der Waals surface area contributed by atoms with Crippen molar-refractivity contribution in [2.75, 3.05) is 23.4 Å². The number of halogens is 1. The molecule has 2 N–H and O–H groups in total. The third-order valence-corrected chi connectivity index (χ3v) is 6.07. The Balaban J connectivity index is 2.23. The topological polar surface area (TPSA) is 67.4 Å². The molecule has 0 amide bonds. The highest BCUT2D eigenvalue weighted by Crippen LogP contribution is 2.49. The van der Waals surface area contributed by atoms with Crippen LogP contribution in [0.4, 0.5) is 11.4 Å². The third kappa shape index (κ3) is 3.94. The second-order valence-electron chi connectivity index (χ2n) is 8.22. The van der Waals surface area contributed by atoms with E-state index in [1.807, 2.05) is 12.1 Å². The summed E-state index contributed by atoms with van der Waals surface area (Å²) in [6.45, 7) is 8.63. The van der Waals surface area contributed by atoms with E-state index in [0.29, 0.717) is 22.4 Å². The molecule has 0 fully saturated rings. The fourth-order valence-corrected chi connectivity index (χ4v) is 5.15. The molecular formula is C21H27ClN2O3S. The Kier molecular flexibility index (Phi) is 5.32. The van der Waals surface area contributed by atoms with Gasteiger partial charge in [0.2, 0.25) is 10.0 Å². The van der Waals surface area contributed by atoms with Crippen molar-refractivity contribution in [2.45, 2.75) is 45.6 Å². The molecule has 0 saturated carbocycles. The lowest BCUT2D eigenvalue weighted by Crippen LogP contribution is -2.37. The zero-order valence-electron chi connectivity index (χ0n) is 17.1. The standard InChI is InChI=1S/C21H27ClN2O3S/c1-12-10-15(18(22)17-13(2)11-21(3,4)23-19(12)17)14-8-7-9-16(20(14)27-5)24-28(6,25)26/h7-10,13,23-24H,11H2,1-6H3. The van der Waals surface area contributed by atoms with Gasteiger partial charge in [0.1, 0.15) is 0 Å². The van der Waals surface area contributed by atoms with E-state index in [-0.39, 0.29) is 5.54 Å². The fourth-order valence-electron chi connectivity index (χ4n) is 4.15. The van der Waals surface area contributed by atoms with Gasteiger partial charge in [-0.2, -0.15) is 0 Å². The molecular weight excluding hydrogens is 396 g/mol. The normalized spacial score (nSPS) is 18.2. The van der Waals surface area contributed by atoms with Gasteiger partial charge in [-0.3, -0.25) is 4.72 Å². The van der Waals surface area contributed by atoms with E-state index in [1.165, 1.54) is 7.11 Å². The first-order valence-electron chi connectivity index (χ1n) is 9.20. The summed E-state index contributed by atoms with van der Waals surface area (Å²) in [6, 6.07) is 7.39. The average molecular weight is 423 g/mol. The quantitative estimate of drug-likeness (QED) is 0.692. The number of methoxy groups -OCH3 is 1. The van der Waals surface area contributed by atoms with Gasteiger partial charge in [-0.05, 0) is 56.4 Å². The number of rotatable bonds is 4. The molecule has 2 aromatic rings. The van der Waals surface area contributed by atoms with Crippen molar-refractivity contribution < 1.29 is 13.2 Å². The van der Waals surface area contributed by atoms with Crippen LogP contribution >= 0.6 is 11.6 Å². The molecule has 1 aliphatic rings. The SMILES string of the molecule is COc1c(NS(C)(=O)=O)cccc1-c1cc(C)c2c(c1Cl)C(C)CC(C)(C)N2. The maximum atomic E-state index is 11.7. The van der Waals surface area contributed by atoms with Crippen molar-refractivity contribution in [1.82, 2.24) is 0 Å². The number of aryl methyl sites for hydroxylation is 1. The number of hydrogen-bond donors (Lipinski definition) is 2. The molecule has 5 nitrogen and oxygen atoms in total. The van der Waals surface area contributed by atoms with Crippen LogP contribution in [0.2, 0.25) is 5.02 Å². The summed E-state index contributed by atoms with van der Waals surface area (Å²) in [5, 5.41) is 4.29.